The first-order chi connectivity index (χ1) is 8.58. The summed E-state index contributed by atoms with van der Waals surface area (Å²) < 4.78 is 0. The number of H-pyrrole nitrogens is 1. The third-order valence-corrected chi connectivity index (χ3v) is 3.25. The van der Waals surface area contributed by atoms with E-state index in [1.165, 1.54) is 29.1 Å². The van der Waals surface area contributed by atoms with Gasteiger partial charge in [-0.3, -0.25) is 9.89 Å². The zero-order chi connectivity index (χ0) is 13.1. The summed E-state index contributed by atoms with van der Waals surface area (Å²) in [6.45, 7) is 1.74. The van der Waals surface area contributed by atoms with Crippen molar-refractivity contribution < 1.29 is 14.7 Å². The summed E-state index contributed by atoms with van der Waals surface area (Å²) in [6.07, 6.45) is 2.89. The van der Waals surface area contributed by atoms with E-state index in [1.54, 1.807) is 6.92 Å². The monoisotopic (exact) mass is 266 g/mol. The summed E-state index contributed by atoms with van der Waals surface area (Å²) in [7, 11) is 0. The number of hydrogen-bond donors (Lipinski definition) is 3. The average Bonchev–Trinajstić information content (AvgIpc) is 3.00. The first-order valence-corrected chi connectivity index (χ1v) is 5.94. The largest absolute Gasteiger partial charge is 0.476 e. The van der Waals surface area contributed by atoms with Crippen LogP contribution in [0.1, 0.15) is 38.8 Å². The molecule has 8 heteroatoms. The highest BCUT2D eigenvalue weighted by atomic mass is 32.1. The molecule has 1 unspecified atom stereocenters. The summed E-state index contributed by atoms with van der Waals surface area (Å²) >= 11 is 1.20. The quantitative estimate of drug-likeness (QED) is 0.766. The molecule has 0 aromatic carbocycles. The van der Waals surface area contributed by atoms with Gasteiger partial charge in [0.2, 0.25) is 0 Å². The van der Waals surface area contributed by atoms with Gasteiger partial charge in [-0.2, -0.15) is 5.10 Å². The number of carbonyl (C=O) groups is 2. The molecule has 0 aliphatic heterocycles. The Morgan fingerprint density at radius 2 is 2.33 bits per heavy atom. The Balaban J connectivity index is 2.05. The van der Waals surface area contributed by atoms with Gasteiger partial charge in [-0.05, 0) is 6.92 Å². The minimum Gasteiger partial charge on any atom is -0.476 e. The molecule has 2 aromatic heterocycles. The molecule has 0 saturated heterocycles. The second-order valence-corrected chi connectivity index (χ2v) is 4.45. The number of carbonyl (C=O) groups excluding carboxylic acids is 1. The van der Waals surface area contributed by atoms with Crippen LogP contribution in [0.3, 0.4) is 0 Å². The second kappa shape index (κ2) is 4.96. The summed E-state index contributed by atoms with van der Waals surface area (Å²) in [4.78, 5) is 26.3. The molecule has 18 heavy (non-hydrogen) atoms. The predicted octanol–water partition coefficient (Wildman–Crippen LogP) is 1.06. The molecule has 0 spiro atoms. The van der Waals surface area contributed by atoms with E-state index in [9.17, 15) is 9.59 Å². The van der Waals surface area contributed by atoms with E-state index in [0.29, 0.717) is 10.6 Å². The van der Waals surface area contributed by atoms with Crippen molar-refractivity contribution in [1.29, 1.82) is 0 Å². The minimum atomic E-state index is -1.08. The van der Waals surface area contributed by atoms with E-state index in [0.717, 1.165) is 0 Å². The molecule has 0 radical (unpaired) electrons. The molecule has 0 fully saturated rings. The van der Waals surface area contributed by atoms with E-state index in [4.69, 9.17) is 5.11 Å². The van der Waals surface area contributed by atoms with Gasteiger partial charge < -0.3 is 10.4 Å². The van der Waals surface area contributed by atoms with Gasteiger partial charge in [0.05, 0.1) is 17.8 Å². The molecule has 3 N–H and O–H groups in total. The van der Waals surface area contributed by atoms with Crippen molar-refractivity contribution in [2.24, 2.45) is 0 Å². The lowest BCUT2D eigenvalue weighted by atomic mass is 10.3. The first kappa shape index (κ1) is 12.2. The number of amides is 1. The number of carboxylic acids is 1. The molecule has 94 valence electrons. The maximum atomic E-state index is 11.7. The molecule has 1 atom stereocenters. The number of carboxylic acid groups (broad SMARTS) is 1. The summed E-state index contributed by atoms with van der Waals surface area (Å²) in [5.41, 5.74) is 0.399. The standard InChI is InChI=1S/C10H10N4O3S/c1-5(9-14-7(4-18-9)10(16)17)13-8(15)6-2-11-12-3-6/h2-5H,1H3,(H,11,12)(H,13,15)(H,16,17). The number of nitrogens with zero attached hydrogens (tertiary/aromatic N) is 2. The Kier molecular flexibility index (Phi) is 3.38. The predicted molar refractivity (Wildman–Crippen MR) is 63.5 cm³/mol. The SMILES string of the molecule is CC(NC(=O)c1cn[nH]c1)c1nc(C(=O)O)cs1. The Morgan fingerprint density at radius 1 is 1.56 bits per heavy atom. The van der Waals surface area contributed by atoms with Crippen LogP contribution in [0, 0.1) is 0 Å². The second-order valence-electron chi connectivity index (χ2n) is 3.56. The van der Waals surface area contributed by atoms with E-state index in [-0.39, 0.29) is 17.6 Å². The van der Waals surface area contributed by atoms with Crippen LogP contribution in [-0.2, 0) is 0 Å². The fraction of sp³-hybridized carbons (Fsp3) is 0.200. The van der Waals surface area contributed by atoms with E-state index < -0.39 is 5.97 Å². The van der Waals surface area contributed by atoms with E-state index in [1.807, 2.05) is 0 Å². The highest BCUT2D eigenvalue weighted by molar-refractivity contribution is 7.09. The van der Waals surface area contributed by atoms with Crippen LogP contribution in [0.25, 0.3) is 0 Å². The van der Waals surface area contributed by atoms with Crippen LogP contribution < -0.4 is 5.32 Å². The maximum absolute atomic E-state index is 11.7. The summed E-state index contributed by atoms with van der Waals surface area (Å²) in [5.74, 6) is -1.37. The third-order valence-electron chi connectivity index (χ3n) is 2.22. The van der Waals surface area contributed by atoms with Gasteiger partial charge in [0.1, 0.15) is 5.01 Å². The number of aromatic amines is 1. The van der Waals surface area contributed by atoms with Crippen molar-refractivity contribution in [3.8, 4) is 0 Å². The van der Waals surface area contributed by atoms with E-state index >= 15 is 0 Å². The first-order valence-electron chi connectivity index (χ1n) is 5.06. The molecule has 2 rings (SSSR count). The molecule has 0 saturated carbocycles. The fourth-order valence-electron chi connectivity index (χ4n) is 1.30. The van der Waals surface area contributed by atoms with Crippen LogP contribution >= 0.6 is 11.3 Å². The van der Waals surface area contributed by atoms with Crippen molar-refractivity contribution in [3.63, 3.8) is 0 Å². The van der Waals surface area contributed by atoms with Gasteiger partial charge in [-0.25, -0.2) is 9.78 Å². The number of rotatable bonds is 4. The lowest BCUT2D eigenvalue weighted by Gasteiger charge is -2.09. The molecule has 0 bridgehead atoms. The van der Waals surface area contributed by atoms with E-state index in [2.05, 4.69) is 20.5 Å². The average molecular weight is 266 g/mol. The molecule has 0 aliphatic rings. The van der Waals surface area contributed by atoms with Gasteiger partial charge in [-0.1, -0.05) is 0 Å². The Labute approximate surface area is 106 Å². The van der Waals surface area contributed by atoms with Crippen LogP contribution in [0.15, 0.2) is 17.8 Å². The number of aromatic carboxylic acids is 1. The van der Waals surface area contributed by atoms with Crippen LogP contribution in [0.2, 0.25) is 0 Å². The van der Waals surface area contributed by atoms with Crippen molar-refractivity contribution in [2.45, 2.75) is 13.0 Å². The number of nitrogens with one attached hydrogen (secondary N) is 2. The fourth-order valence-corrected chi connectivity index (χ4v) is 2.10. The Hall–Kier alpha value is -2.22. The minimum absolute atomic E-state index is 0.0144. The maximum Gasteiger partial charge on any atom is 0.355 e. The Morgan fingerprint density at radius 3 is 2.89 bits per heavy atom. The molecule has 7 nitrogen and oxygen atoms in total. The summed E-state index contributed by atoms with van der Waals surface area (Å²) in [6, 6.07) is -0.356. The number of hydrogen-bond acceptors (Lipinski definition) is 5. The van der Waals surface area contributed by atoms with Gasteiger partial charge in [0.15, 0.2) is 5.69 Å². The van der Waals surface area contributed by atoms with Crippen LogP contribution in [-0.4, -0.2) is 32.2 Å². The lowest BCUT2D eigenvalue weighted by molar-refractivity contribution is 0.0691. The molecular formula is C10H10N4O3S. The molecule has 2 aromatic rings. The third kappa shape index (κ3) is 2.54. The highest BCUT2D eigenvalue weighted by Gasteiger charge is 2.17. The molecule has 0 aliphatic carbocycles. The normalized spacial score (nSPS) is 12.1. The van der Waals surface area contributed by atoms with Gasteiger partial charge in [0, 0.05) is 11.6 Å². The van der Waals surface area contributed by atoms with Crippen LogP contribution in [0.5, 0.6) is 0 Å². The van der Waals surface area contributed by atoms with Crippen molar-refractivity contribution in [2.75, 3.05) is 0 Å². The van der Waals surface area contributed by atoms with Crippen LogP contribution in [0.4, 0.5) is 0 Å². The zero-order valence-electron chi connectivity index (χ0n) is 9.38. The topological polar surface area (TPSA) is 108 Å². The Bertz CT molecular complexity index is 563. The van der Waals surface area contributed by atoms with Gasteiger partial charge in [0.25, 0.3) is 5.91 Å². The molecular weight excluding hydrogens is 256 g/mol. The molecule has 1 amide bonds. The van der Waals surface area contributed by atoms with Crippen molar-refractivity contribution >= 4 is 23.2 Å². The van der Waals surface area contributed by atoms with Gasteiger partial charge in [-0.15, -0.1) is 11.3 Å². The van der Waals surface area contributed by atoms with Gasteiger partial charge >= 0.3 is 5.97 Å². The van der Waals surface area contributed by atoms with Crippen molar-refractivity contribution in [3.05, 3.63) is 34.0 Å². The smallest absolute Gasteiger partial charge is 0.355 e. The lowest BCUT2D eigenvalue weighted by Crippen LogP contribution is -2.26. The van der Waals surface area contributed by atoms with Crippen molar-refractivity contribution in [1.82, 2.24) is 20.5 Å². The zero-order valence-corrected chi connectivity index (χ0v) is 10.2. The molecule has 2 heterocycles. The summed E-state index contributed by atoms with van der Waals surface area (Å²) in [5, 5.41) is 19.7. The number of thiazole rings is 1. The number of aromatic nitrogens is 3. The highest BCUT2D eigenvalue weighted by Crippen LogP contribution is 2.18.